The highest BCUT2D eigenvalue weighted by Crippen LogP contribution is 2.22. The van der Waals surface area contributed by atoms with Gasteiger partial charge in [-0.25, -0.2) is 0 Å². The third-order valence-corrected chi connectivity index (χ3v) is 5.15. The number of rotatable bonds is 6. The van der Waals surface area contributed by atoms with Crippen LogP contribution in [0, 0.1) is 0 Å². The second kappa shape index (κ2) is 9.25. The minimum absolute atomic E-state index is 0.437. The van der Waals surface area contributed by atoms with Crippen LogP contribution >= 0.6 is 11.8 Å². The Morgan fingerprint density at radius 3 is 2.62 bits per heavy atom. The molecular weight excluding hydrogens is 340 g/mol. The topological polar surface area (TPSA) is 49.3 Å². The standard InChI is InChI=1S/C21H24N4S/c1-16(26-18-9-4-3-5-10-18)14-24-21(22-2)25-15-20-19-11-7-6-8-17(19)12-13-23-20/h3-13,16H,14-15H2,1-2H3,(H2,22,24,25). The van der Waals surface area contributed by atoms with Crippen molar-refractivity contribution in [1.82, 2.24) is 15.6 Å². The summed E-state index contributed by atoms with van der Waals surface area (Å²) in [5.41, 5.74) is 1.03. The van der Waals surface area contributed by atoms with Crippen molar-refractivity contribution in [3.05, 3.63) is 72.6 Å². The van der Waals surface area contributed by atoms with Crippen molar-refractivity contribution in [3.63, 3.8) is 0 Å². The lowest BCUT2D eigenvalue weighted by Crippen LogP contribution is -2.39. The minimum atomic E-state index is 0.437. The average Bonchev–Trinajstić information content (AvgIpc) is 2.69. The number of hydrogen-bond acceptors (Lipinski definition) is 3. The summed E-state index contributed by atoms with van der Waals surface area (Å²) in [6.07, 6.45) is 1.86. The highest BCUT2D eigenvalue weighted by molar-refractivity contribution is 8.00. The Labute approximate surface area is 159 Å². The predicted octanol–water partition coefficient (Wildman–Crippen LogP) is 4.08. The van der Waals surface area contributed by atoms with Crippen molar-refractivity contribution < 1.29 is 0 Å². The first-order valence-electron chi connectivity index (χ1n) is 8.75. The van der Waals surface area contributed by atoms with Crippen LogP contribution in [0.2, 0.25) is 0 Å². The smallest absolute Gasteiger partial charge is 0.191 e. The molecule has 2 aromatic carbocycles. The summed E-state index contributed by atoms with van der Waals surface area (Å²) < 4.78 is 0. The molecule has 0 saturated heterocycles. The number of thioether (sulfide) groups is 1. The molecule has 5 heteroatoms. The third-order valence-electron chi connectivity index (χ3n) is 4.04. The fourth-order valence-electron chi connectivity index (χ4n) is 2.72. The molecule has 1 unspecified atom stereocenters. The average molecular weight is 365 g/mol. The number of guanidine groups is 1. The maximum absolute atomic E-state index is 4.51. The molecule has 0 saturated carbocycles. The Bertz CT molecular complexity index is 859. The monoisotopic (exact) mass is 364 g/mol. The van der Waals surface area contributed by atoms with Gasteiger partial charge in [0.1, 0.15) is 0 Å². The van der Waals surface area contributed by atoms with Crippen molar-refractivity contribution in [1.29, 1.82) is 0 Å². The van der Waals surface area contributed by atoms with Crippen molar-refractivity contribution in [2.45, 2.75) is 23.6 Å². The SMILES string of the molecule is CN=C(NCc1nccc2ccccc12)NCC(C)Sc1ccccc1. The summed E-state index contributed by atoms with van der Waals surface area (Å²) in [6.45, 7) is 3.69. The lowest BCUT2D eigenvalue weighted by molar-refractivity contribution is 0.783. The predicted molar refractivity (Wildman–Crippen MR) is 112 cm³/mol. The summed E-state index contributed by atoms with van der Waals surface area (Å²) >= 11 is 1.85. The van der Waals surface area contributed by atoms with Crippen molar-refractivity contribution in [3.8, 4) is 0 Å². The first-order valence-corrected chi connectivity index (χ1v) is 9.63. The molecule has 0 amide bonds. The lowest BCUT2D eigenvalue weighted by Gasteiger charge is -2.16. The zero-order chi connectivity index (χ0) is 18.2. The molecule has 0 aliphatic heterocycles. The minimum Gasteiger partial charge on any atom is -0.355 e. The van der Waals surface area contributed by atoms with E-state index >= 15 is 0 Å². The van der Waals surface area contributed by atoms with Crippen molar-refractivity contribution in [2.75, 3.05) is 13.6 Å². The van der Waals surface area contributed by atoms with Gasteiger partial charge >= 0.3 is 0 Å². The molecule has 2 N–H and O–H groups in total. The van der Waals surface area contributed by atoms with Gasteiger partial charge < -0.3 is 10.6 Å². The summed E-state index contributed by atoms with van der Waals surface area (Å²) in [7, 11) is 1.79. The van der Waals surface area contributed by atoms with Crippen LogP contribution in [0.15, 0.2) is 76.7 Å². The maximum Gasteiger partial charge on any atom is 0.191 e. The van der Waals surface area contributed by atoms with E-state index in [4.69, 9.17) is 0 Å². The van der Waals surface area contributed by atoms with Gasteiger partial charge in [0.2, 0.25) is 0 Å². The molecule has 0 fully saturated rings. The highest BCUT2D eigenvalue weighted by atomic mass is 32.2. The van der Waals surface area contributed by atoms with Gasteiger partial charge in [-0.1, -0.05) is 49.4 Å². The first-order chi connectivity index (χ1) is 12.8. The molecule has 26 heavy (non-hydrogen) atoms. The van der Waals surface area contributed by atoms with Crippen LogP contribution in [0.4, 0.5) is 0 Å². The second-order valence-corrected chi connectivity index (χ2v) is 7.54. The first kappa shape index (κ1) is 18.3. The molecule has 1 aromatic heterocycles. The second-order valence-electron chi connectivity index (χ2n) is 6.03. The van der Waals surface area contributed by atoms with E-state index < -0.39 is 0 Å². The molecule has 0 radical (unpaired) electrons. The molecule has 1 heterocycles. The van der Waals surface area contributed by atoms with Crippen LogP contribution in [0.3, 0.4) is 0 Å². The Kier molecular flexibility index (Phi) is 6.50. The van der Waals surface area contributed by atoms with Crippen molar-refractivity contribution >= 4 is 28.5 Å². The summed E-state index contributed by atoms with van der Waals surface area (Å²) in [6, 6.07) is 20.8. The van der Waals surface area contributed by atoms with E-state index in [1.807, 2.05) is 42.2 Å². The van der Waals surface area contributed by atoms with Gasteiger partial charge in [-0.2, -0.15) is 0 Å². The molecule has 3 aromatic rings. The van der Waals surface area contributed by atoms with Crippen LogP contribution in [-0.2, 0) is 6.54 Å². The summed E-state index contributed by atoms with van der Waals surface area (Å²) in [5, 5.41) is 9.57. The van der Waals surface area contributed by atoms with Crippen molar-refractivity contribution in [2.24, 2.45) is 4.99 Å². The summed E-state index contributed by atoms with van der Waals surface area (Å²) in [4.78, 5) is 10.1. The largest absolute Gasteiger partial charge is 0.355 e. The number of fused-ring (bicyclic) bond motifs is 1. The number of benzene rings is 2. The van der Waals surface area contributed by atoms with Crippen LogP contribution in [-0.4, -0.2) is 29.8 Å². The maximum atomic E-state index is 4.51. The molecule has 1 atom stereocenters. The molecule has 134 valence electrons. The highest BCUT2D eigenvalue weighted by Gasteiger charge is 2.07. The molecular formula is C21H24N4S. The Hall–Kier alpha value is -2.53. The van der Waals surface area contributed by atoms with E-state index in [2.05, 4.69) is 63.9 Å². The molecule has 0 aliphatic rings. The van der Waals surface area contributed by atoms with E-state index in [1.165, 1.54) is 15.7 Å². The van der Waals surface area contributed by atoms with E-state index in [-0.39, 0.29) is 0 Å². The molecule has 0 aliphatic carbocycles. The number of aromatic nitrogens is 1. The number of pyridine rings is 1. The zero-order valence-electron chi connectivity index (χ0n) is 15.1. The summed E-state index contributed by atoms with van der Waals surface area (Å²) in [5.74, 6) is 0.792. The fourth-order valence-corrected chi connectivity index (χ4v) is 3.67. The normalized spacial score (nSPS) is 12.8. The molecule has 3 rings (SSSR count). The fraction of sp³-hybridized carbons (Fsp3) is 0.238. The number of nitrogens with zero attached hydrogens (tertiary/aromatic N) is 2. The lowest BCUT2D eigenvalue weighted by atomic mass is 10.1. The van der Waals surface area contributed by atoms with E-state index in [9.17, 15) is 0 Å². The van der Waals surface area contributed by atoms with E-state index in [1.54, 1.807) is 7.05 Å². The Morgan fingerprint density at radius 1 is 1.04 bits per heavy atom. The van der Waals surface area contributed by atoms with Gasteiger partial charge in [0.25, 0.3) is 0 Å². The zero-order valence-corrected chi connectivity index (χ0v) is 16.0. The van der Waals surface area contributed by atoms with Gasteiger partial charge in [0.05, 0.1) is 12.2 Å². The molecule has 0 spiro atoms. The van der Waals surface area contributed by atoms with Gasteiger partial charge in [-0.15, -0.1) is 11.8 Å². The Morgan fingerprint density at radius 2 is 1.81 bits per heavy atom. The molecule has 4 nitrogen and oxygen atoms in total. The quantitative estimate of drug-likeness (QED) is 0.393. The van der Waals surface area contributed by atoms with Gasteiger partial charge in [0, 0.05) is 35.3 Å². The van der Waals surface area contributed by atoms with Gasteiger partial charge in [-0.05, 0) is 23.6 Å². The van der Waals surface area contributed by atoms with Crippen LogP contribution in [0.1, 0.15) is 12.6 Å². The van der Waals surface area contributed by atoms with E-state index in [0.29, 0.717) is 11.8 Å². The van der Waals surface area contributed by atoms with Gasteiger partial charge in [0.15, 0.2) is 5.96 Å². The third kappa shape index (κ3) is 4.99. The number of aliphatic imine (C=N–C) groups is 1. The van der Waals surface area contributed by atoms with Crippen LogP contribution in [0.25, 0.3) is 10.8 Å². The van der Waals surface area contributed by atoms with Crippen LogP contribution in [0.5, 0.6) is 0 Å². The Balaban J connectivity index is 1.53. The van der Waals surface area contributed by atoms with Gasteiger partial charge in [-0.3, -0.25) is 9.98 Å². The molecule has 0 bridgehead atoms. The number of nitrogens with one attached hydrogen (secondary N) is 2. The number of hydrogen-bond donors (Lipinski definition) is 2. The van der Waals surface area contributed by atoms with Crippen LogP contribution < -0.4 is 10.6 Å². The van der Waals surface area contributed by atoms with E-state index in [0.717, 1.165) is 18.2 Å².